The first-order valence-corrected chi connectivity index (χ1v) is 8.46. The van der Waals surface area contributed by atoms with E-state index in [1.165, 1.54) is 12.1 Å². The minimum atomic E-state index is -0.258. The highest BCUT2D eigenvalue weighted by Crippen LogP contribution is 2.34. The van der Waals surface area contributed by atoms with E-state index in [4.69, 9.17) is 9.47 Å². The Morgan fingerprint density at radius 3 is 2.44 bits per heavy atom. The minimum Gasteiger partial charge on any atom is -0.484 e. The van der Waals surface area contributed by atoms with Crippen LogP contribution in [-0.4, -0.2) is 32.3 Å². The molecule has 0 radical (unpaired) electrons. The fourth-order valence-corrected chi connectivity index (χ4v) is 3.12. The van der Waals surface area contributed by atoms with Crippen LogP contribution in [0.3, 0.4) is 0 Å². The summed E-state index contributed by atoms with van der Waals surface area (Å²) in [6.07, 6.45) is 1.58. The summed E-state index contributed by atoms with van der Waals surface area (Å²) in [6, 6.07) is 15.8. The number of carbonyl (C=O) groups is 1. The molecule has 1 heterocycles. The Labute approximate surface area is 147 Å². The first-order chi connectivity index (χ1) is 12.2. The lowest BCUT2D eigenvalue weighted by atomic mass is 9.74. The van der Waals surface area contributed by atoms with Crippen molar-refractivity contribution in [3.63, 3.8) is 0 Å². The normalized spacial score (nSPS) is 16.2. The molecule has 1 amide bonds. The van der Waals surface area contributed by atoms with E-state index in [0.717, 1.165) is 18.4 Å². The molecule has 0 saturated carbocycles. The summed E-state index contributed by atoms with van der Waals surface area (Å²) in [5.74, 6) is 0.236. The summed E-state index contributed by atoms with van der Waals surface area (Å²) in [5.41, 5.74) is 0.801. The molecule has 2 aromatic rings. The minimum absolute atomic E-state index is 0.0278. The maximum atomic E-state index is 13.2. The summed E-state index contributed by atoms with van der Waals surface area (Å²) in [4.78, 5) is 12.2. The van der Waals surface area contributed by atoms with E-state index in [1.807, 2.05) is 30.3 Å². The quantitative estimate of drug-likeness (QED) is 0.877. The highest BCUT2D eigenvalue weighted by molar-refractivity contribution is 5.77. The third-order valence-electron chi connectivity index (χ3n) is 4.64. The van der Waals surface area contributed by atoms with Gasteiger partial charge >= 0.3 is 0 Å². The Kier molecular flexibility index (Phi) is 5.66. The van der Waals surface area contributed by atoms with Gasteiger partial charge in [0.05, 0.1) is 0 Å². The average Bonchev–Trinajstić information content (AvgIpc) is 2.67. The molecule has 0 atom stereocenters. The van der Waals surface area contributed by atoms with Gasteiger partial charge in [-0.05, 0) is 42.7 Å². The topological polar surface area (TPSA) is 47.6 Å². The largest absolute Gasteiger partial charge is 0.484 e. The van der Waals surface area contributed by atoms with Gasteiger partial charge in [-0.3, -0.25) is 4.79 Å². The van der Waals surface area contributed by atoms with Crippen LogP contribution in [-0.2, 0) is 14.9 Å². The number of ether oxygens (including phenoxy) is 2. The molecule has 2 aromatic carbocycles. The second-order valence-corrected chi connectivity index (χ2v) is 6.28. The highest BCUT2D eigenvalue weighted by atomic mass is 19.1. The van der Waals surface area contributed by atoms with Crippen molar-refractivity contribution in [2.24, 2.45) is 0 Å². The molecule has 1 fully saturated rings. The standard InChI is InChI=1S/C20H22FNO3/c21-17-8-6-16(7-9-17)20(10-12-24-13-11-20)15-22-19(23)14-25-18-4-2-1-3-5-18/h1-9H,10-15H2,(H,22,23). The van der Waals surface area contributed by atoms with Crippen molar-refractivity contribution < 1.29 is 18.7 Å². The molecular weight excluding hydrogens is 321 g/mol. The van der Waals surface area contributed by atoms with Gasteiger partial charge in [-0.25, -0.2) is 4.39 Å². The second kappa shape index (κ2) is 8.12. The molecule has 0 aromatic heterocycles. The van der Waals surface area contributed by atoms with E-state index >= 15 is 0 Å². The van der Waals surface area contributed by atoms with Crippen molar-refractivity contribution in [2.75, 3.05) is 26.4 Å². The molecule has 5 heteroatoms. The smallest absolute Gasteiger partial charge is 0.257 e. The van der Waals surface area contributed by atoms with Crippen molar-refractivity contribution in [1.29, 1.82) is 0 Å². The van der Waals surface area contributed by atoms with Gasteiger partial charge in [0.15, 0.2) is 6.61 Å². The lowest BCUT2D eigenvalue weighted by molar-refractivity contribution is -0.123. The summed E-state index contributed by atoms with van der Waals surface area (Å²) < 4.78 is 24.2. The maximum absolute atomic E-state index is 13.2. The number of nitrogens with one attached hydrogen (secondary N) is 1. The number of carbonyl (C=O) groups excluding carboxylic acids is 1. The van der Waals surface area contributed by atoms with E-state index in [1.54, 1.807) is 12.1 Å². The number of hydrogen-bond donors (Lipinski definition) is 1. The predicted octanol–water partition coefficient (Wildman–Crippen LogP) is 3.07. The fraction of sp³-hybridized carbons (Fsp3) is 0.350. The number of halogens is 1. The van der Waals surface area contributed by atoms with Gasteiger partial charge in [-0.15, -0.1) is 0 Å². The third kappa shape index (κ3) is 4.57. The van der Waals surface area contributed by atoms with E-state index in [9.17, 15) is 9.18 Å². The van der Waals surface area contributed by atoms with Crippen LogP contribution in [0.15, 0.2) is 54.6 Å². The lowest BCUT2D eigenvalue weighted by Gasteiger charge is -2.38. The molecule has 1 N–H and O–H groups in total. The van der Waals surface area contributed by atoms with Crippen molar-refractivity contribution in [1.82, 2.24) is 5.32 Å². The third-order valence-corrected chi connectivity index (χ3v) is 4.64. The number of rotatable bonds is 6. The van der Waals surface area contributed by atoms with Gasteiger partial charge in [0.1, 0.15) is 11.6 Å². The van der Waals surface area contributed by atoms with Crippen molar-refractivity contribution in [2.45, 2.75) is 18.3 Å². The molecule has 4 nitrogen and oxygen atoms in total. The number of benzene rings is 2. The lowest BCUT2D eigenvalue weighted by Crippen LogP contribution is -2.45. The molecule has 0 unspecified atom stereocenters. The van der Waals surface area contributed by atoms with Crippen molar-refractivity contribution in [3.05, 3.63) is 66.0 Å². The zero-order valence-corrected chi connectivity index (χ0v) is 14.0. The molecular formula is C20H22FNO3. The van der Waals surface area contributed by atoms with Crippen LogP contribution < -0.4 is 10.1 Å². The zero-order valence-electron chi connectivity index (χ0n) is 14.0. The summed E-state index contributed by atoms with van der Waals surface area (Å²) in [6.45, 7) is 1.72. The van der Waals surface area contributed by atoms with E-state index in [2.05, 4.69) is 5.32 Å². The van der Waals surface area contributed by atoms with Crippen LogP contribution in [0, 0.1) is 5.82 Å². The molecule has 0 bridgehead atoms. The van der Waals surface area contributed by atoms with Crippen molar-refractivity contribution >= 4 is 5.91 Å². The first kappa shape index (κ1) is 17.4. The fourth-order valence-electron chi connectivity index (χ4n) is 3.12. The molecule has 0 aliphatic carbocycles. The molecule has 3 rings (SSSR count). The monoisotopic (exact) mass is 343 g/mol. The Bertz CT molecular complexity index is 682. The summed E-state index contributed by atoms with van der Waals surface area (Å²) >= 11 is 0. The average molecular weight is 343 g/mol. The van der Waals surface area contributed by atoms with Gasteiger partial charge in [-0.2, -0.15) is 0 Å². The van der Waals surface area contributed by atoms with Gasteiger partial charge in [0.2, 0.25) is 0 Å². The van der Waals surface area contributed by atoms with Crippen LogP contribution in [0.4, 0.5) is 4.39 Å². The number of amides is 1. The Morgan fingerprint density at radius 1 is 1.08 bits per heavy atom. The van der Waals surface area contributed by atoms with Crippen molar-refractivity contribution in [3.8, 4) is 5.75 Å². The van der Waals surface area contributed by atoms with Gasteiger partial charge < -0.3 is 14.8 Å². The van der Waals surface area contributed by atoms with E-state index < -0.39 is 0 Å². The number of para-hydroxylation sites is 1. The Balaban J connectivity index is 1.61. The van der Waals surface area contributed by atoms with Crippen LogP contribution >= 0.6 is 0 Å². The molecule has 25 heavy (non-hydrogen) atoms. The van der Waals surface area contributed by atoms with Crippen LogP contribution in [0.1, 0.15) is 18.4 Å². The maximum Gasteiger partial charge on any atom is 0.257 e. The van der Waals surface area contributed by atoms with Gasteiger partial charge in [0, 0.05) is 25.2 Å². The Morgan fingerprint density at radius 2 is 1.76 bits per heavy atom. The summed E-state index contributed by atoms with van der Waals surface area (Å²) in [7, 11) is 0. The summed E-state index contributed by atoms with van der Waals surface area (Å²) in [5, 5.41) is 2.96. The SMILES string of the molecule is O=C(COc1ccccc1)NCC1(c2ccc(F)cc2)CCOCC1. The van der Waals surface area contributed by atoms with Gasteiger partial charge in [-0.1, -0.05) is 30.3 Å². The van der Waals surface area contributed by atoms with Crippen LogP contribution in [0.5, 0.6) is 5.75 Å². The molecule has 132 valence electrons. The predicted molar refractivity (Wildman–Crippen MR) is 93.1 cm³/mol. The molecule has 0 spiro atoms. The zero-order chi connectivity index (χ0) is 17.5. The molecule has 1 aliphatic rings. The Hall–Kier alpha value is -2.40. The first-order valence-electron chi connectivity index (χ1n) is 8.46. The van der Waals surface area contributed by atoms with E-state index in [-0.39, 0.29) is 23.7 Å². The number of hydrogen-bond acceptors (Lipinski definition) is 3. The van der Waals surface area contributed by atoms with Crippen LogP contribution in [0.25, 0.3) is 0 Å². The van der Waals surface area contributed by atoms with E-state index in [0.29, 0.717) is 25.5 Å². The van der Waals surface area contributed by atoms with Crippen LogP contribution in [0.2, 0.25) is 0 Å². The molecule has 1 saturated heterocycles. The highest BCUT2D eigenvalue weighted by Gasteiger charge is 2.34. The second-order valence-electron chi connectivity index (χ2n) is 6.28. The molecule has 1 aliphatic heterocycles. The van der Waals surface area contributed by atoms with Gasteiger partial charge in [0.25, 0.3) is 5.91 Å².